The summed E-state index contributed by atoms with van der Waals surface area (Å²) in [6.45, 7) is 3.95. The Morgan fingerprint density at radius 2 is 1.90 bits per heavy atom. The molecule has 5 nitrogen and oxygen atoms in total. The molecule has 1 aliphatic rings. The number of likely N-dealkylation sites (tertiary alicyclic amines) is 1. The fourth-order valence-electron chi connectivity index (χ4n) is 2.46. The summed E-state index contributed by atoms with van der Waals surface area (Å²) in [6, 6.07) is 9.74. The van der Waals surface area contributed by atoms with Crippen LogP contribution in [0.1, 0.15) is 25.3 Å². The highest BCUT2D eigenvalue weighted by atomic mass is 16.5. The number of esters is 1. The molecule has 1 aromatic carbocycles. The molecule has 1 fully saturated rings. The summed E-state index contributed by atoms with van der Waals surface area (Å²) in [5, 5.41) is 2.91. The van der Waals surface area contributed by atoms with Crippen molar-refractivity contribution >= 4 is 12.0 Å². The van der Waals surface area contributed by atoms with Crippen LogP contribution >= 0.6 is 0 Å². The minimum Gasteiger partial charge on any atom is -0.466 e. The van der Waals surface area contributed by atoms with Crippen LogP contribution < -0.4 is 5.32 Å². The van der Waals surface area contributed by atoms with E-state index in [1.54, 1.807) is 4.90 Å². The summed E-state index contributed by atoms with van der Waals surface area (Å²) in [5.41, 5.74) is 1.08. The maximum Gasteiger partial charge on any atom is 0.317 e. The first-order valence-corrected chi connectivity index (χ1v) is 7.44. The molecule has 114 valence electrons. The zero-order valence-electron chi connectivity index (χ0n) is 12.4. The highest BCUT2D eigenvalue weighted by molar-refractivity contribution is 5.76. The second kappa shape index (κ2) is 7.67. The first-order valence-electron chi connectivity index (χ1n) is 7.44. The number of nitrogens with zero attached hydrogens (tertiary/aromatic N) is 1. The minimum atomic E-state index is -0.137. The Hall–Kier alpha value is -2.04. The zero-order valence-corrected chi connectivity index (χ0v) is 12.4. The maximum atomic E-state index is 12.1. The quantitative estimate of drug-likeness (QED) is 0.865. The van der Waals surface area contributed by atoms with Gasteiger partial charge in [-0.15, -0.1) is 0 Å². The number of urea groups is 1. The third kappa shape index (κ3) is 4.48. The molecule has 0 radical (unpaired) electrons. The van der Waals surface area contributed by atoms with E-state index in [9.17, 15) is 9.59 Å². The van der Waals surface area contributed by atoms with Gasteiger partial charge in [-0.25, -0.2) is 4.79 Å². The molecule has 2 rings (SSSR count). The topological polar surface area (TPSA) is 58.6 Å². The zero-order chi connectivity index (χ0) is 15.1. The largest absolute Gasteiger partial charge is 0.466 e. The van der Waals surface area contributed by atoms with Gasteiger partial charge in [-0.1, -0.05) is 30.3 Å². The molecule has 1 heterocycles. The lowest BCUT2D eigenvalue weighted by atomic mass is 9.97. The molecule has 1 aromatic rings. The molecule has 0 saturated carbocycles. The van der Waals surface area contributed by atoms with Gasteiger partial charge in [-0.2, -0.15) is 0 Å². The summed E-state index contributed by atoms with van der Waals surface area (Å²) < 4.78 is 5.02. The van der Waals surface area contributed by atoms with Gasteiger partial charge in [0.1, 0.15) is 0 Å². The van der Waals surface area contributed by atoms with E-state index in [1.165, 1.54) is 0 Å². The Balaban J connectivity index is 1.74. The fourth-order valence-corrected chi connectivity index (χ4v) is 2.46. The first-order chi connectivity index (χ1) is 10.2. The van der Waals surface area contributed by atoms with E-state index in [1.807, 2.05) is 37.3 Å². The number of rotatable bonds is 4. The molecule has 5 heteroatoms. The summed E-state index contributed by atoms with van der Waals surface area (Å²) in [6.07, 6.45) is 1.36. The van der Waals surface area contributed by atoms with Crippen molar-refractivity contribution in [1.82, 2.24) is 10.2 Å². The van der Waals surface area contributed by atoms with E-state index in [0.29, 0.717) is 39.1 Å². The van der Waals surface area contributed by atoms with Crippen LogP contribution in [-0.2, 0) is 16.1 Å². The average molecular weight is 290 g/mol. The molecule has 1 saturated heterocycles. The smallest absolute Gasteiger partial charge is 0.317 e. The van der Waals surface area contributed by atoms with Gasteiger partial charge >= 0.3 is 12.0 Å². The lowest BCUT2D eigenvalue weighted by Gasteiger charge is -2.30. The van der Waals surface area contributed by atoms with E-state index >= 15 is 0 Å². The molecule has 1 aliphatic heterocycles. The number of hydrogen-bond acceptors (Lipinski definition) is 3. The van der Waals surface area contributed by atoms with Crippen LogP contribution in [-0.4, -0.2) is 36.6 Å². The van der Waals surface area contributed by atoms with Crippen molar-refractivity contribution in [1.29, 1.82) is 0 Å². The Morgan fingerprint density at radius 3 is 2.52 bits per heavy atom. The lowest BCUT2D eigenvalue weighted by molar-refractivity contribution is -0.149. The van der Waals surface area contributed by atoms with Crippen molar-refractivity contribution in [3.05, 3.63) is 35.9 Å². The number of amides is 2. The van der Waals surface area contributed by atoms with Gasteiger partial charge in [0.2, 0.25) is 0 Å². The molecular formula is C16H22N2O3. The SMILES string of the molecule is CCOC(=O)C1CCN(C(=O)NCc2ccccc2)CC1. The predicted molar refractivity (Wildman–Crippen MR) is 79.6 cm³/mol. The number of piperidine rings is 1. The standard InChI is InChI=1S/C16H22N2O3/c1-2-21-15(19)14-8-10-18(11-9-14)16(20)17-12-13-6-4-3-5-7-13/h3-7,14H,2,8-12H2,1H3,(H,17,20). The summed E-state index contributed by atoms with van der Waals surface area (Å²) >= 11 is 0. The number of carbonyl (C=O) groups excluding carboxylic acids is 2. The first kappa shape index (κ1) is 15.4. The van der Waals surface area contributed by atoms with Crippen molar-refractivity contribution in [3.63, 3.8) is 0 Å². The molecule has 0 atom stereocenters. The number of carbonyl (C=O) groups is 2. The van der Waals surface area contributed by atoms with E-state index in [4.69, 9.17) is 4.74 Å². The summed E-state index contributed by atoms with van der Waals surface area (Å²) in [7, 11) is 0. The highest BCUT2D eigenvalue weighted by Crippen LogP contribution is 2.18. The van der Waals surface area contributed by atoms with Gasteiger partial charge in [0.05, 0.1) is 12.5 Å². The van der Waals surface area contributed by atoms with Crippen molar-refractivity contribution in [3.8, 4) is 0 Å². The molecule has 0 aromatic heterocycles. The molecule has 21 heavy (non-hydrogen) atoms. The average Bonchev–Trinajstić information content (AvgIpc) is 2.54. The van der Waals surface area contributed by atoms with Gasteiger partial charge in [-0.3, -0.25) is 4.79 Å². The number of ether oxygens (including phenoxy) is 1. The number of hydrogen-bond donors (Lipinski definition) is 1. The minimum absolute atomic E-state index is 0.0666. The number of benzene rings is 1. The Labute approximate surface area is 125 Å². The van der Waals surface area contributed by atoms with Crippen LogP contribution in [0.2, 0.25) is 0 Å². The second-order valence-corrected chi connectivity index (χ2v) is 5.16. The van der Waals surface area contributed by atoms with Gasteiger partial charge in [0.25, 0.3) is 0 Å². The Morgan fingerprint density at radius 1 is 1.24 bits per heavy atom. The van der Waals surface area contributed by atoms with Crippen LogP contribution in [0.25, 0.3) is 0 Å². The predicted octanol–water partition coefficient (Wildman–Crippen LogP) is 2.17. The molecule has 1 N–H and O–H groups in total. The summed E-state index contributed by atoms with van der Waals surface area (Å²) in [4.78, 5) is 25.5. The van der Waals surface area contributed by atoms with Crippen molar-refractivity contribution in [2.45, 2.75) is 26.3 Å². The van der Waals surface area contributed by atoms with Gasteiger partial charge in [-0.05, 0) is 25.3 Å². The van der Waals surface area contributed by atoms with E-state index in [0.717, 1.165) is 5.56 Å². The molecule has 0 spiro atoms. The van der Waals surface area contributed by atoms with Crippen molar-refractivity contribution in [2.75, 3.05) is 19.7 Å². The highest BCUT2D eigenvalue weighted by Gasteiger charge is 2.27. The molecule has 0 unspecified atom stereocenters. The molecular weight excluding hydrogens is 268 g/mol. The Kier molecular flexibility index (Phi) is 5.60. The van der Waals surface area contributed by atoms with Crippen LogP contribution in [0.3, 0.4) is 0 Å². The monoisotopic (exact) mass is 290 g/mol. The fraction of sp³-hybridized carbons (Fsp3) is 0.500. The van der Waals surface area contributed by atoms with Gasteiger partial charge < -0.3 is 15.0 Å². The van der Waals surface area contributed by atoms with Crippen LogP contribution in [0.15, 0.2) is 30.3 Å². The van der Waals surface area contributed by atoms with Crippen molar-refractivity contribution in [2.24, 2.45) is 5.92 Å². The van der Waals surface area contributed by atoms with Crippen LogP contribution in [0.5, 0.6) is 0 Å². The summed E-state index contributed by atoms with van der Waals surface area (Å²) in [5.74, 6) is -0.204. The van der Waals surface area contributed by atoms with E-state index in [-0.39, 0.29) is 17.9 Å². The van der Waals surface area contributed by atoms with E-state index < -0.39 is 0 Å². The Bertz CT molecular complexity index is 468. The maximum absolute atomic E-state index is 12.1. The van der Waals surface area contributed by atoms with Crippen LogP contribution in [0, 0.1) is 5.92 Å². The lowest BCUT2D eigenvalue weighted by Crippen LogP contribution is -2.45. The third-order valence-corrected chi connectivity index (χ3v) is 3.69. The number of nitrogens with one attached hydrogen (secondary N) is 1. The molecule has 0 aliphatic carbocycles. The van der Waals surface area contributed by atoms with Crippen molar-refractivity contribution < 1.29 is 14.3 Å². The third-order valence-electron chi connectivity index (χ3n) is 3.69. The van der Waals surface area contributed by atoms with Crippen LogP contribution in [0.4, 0.5) is 4.79 Å². The van der Waals surface area contributed by atoms with E-state index in [2.05, 4.69) is 5.32 Å². The van der Waals surface area contributed by atoms with Gasteiger partial charge in [0, 0.05) is 19.6 Å². The molecule has 0 bridgehead atoms. The van der Waals surface area contributed by atoms with Gasteiger partial charge in [0.15, 0.2) is 0 Å². The second-order valence-electron chi connectivity index (χ2n) is 5.16. The molecule has 2 amide bonds. The normalized spacial score (nSPS) is 15.6.